The van der Waals surface area contributed by atoms with Crippen molar-refractivity contribution in [2.45, 2.75) is 6.54 Å². The number of fused-ring (bicyclic) bond motifs is 1. The maximum Gasteiger partial charge on any atom is 0.325 e. The molecule has 0 amide bonds. The van der Waals surface area contributed by atoms with Crippen LogP contribution in [0.1, 0.15) is 0 Å². The molecule has 0 aliphatic rings. The second-order valence-electron chi connectivity index (χ2n) is 3.00. The first-order valence-electron chi connectivity index (χ1n) is 4.35. The number of nitrogen functional groups attached to an aromatic ring is 1. The van der Waals surface area contributed by atoms with Crippen molar-refractivity contribution < 1.29 is 9.53 Å². The Labute approximate surface area is 85.7 Å². The van der Waals surface area contributed by atoms with Crippen LogP contribution in [0.25, 0.3) is 11.0 Å². The van der Waals surface area contributed by atoms with Gasteiger partial charge in [-0.15, -0.1) is 0 Å². The van der Waals surface area contributed by atoms with Gasteiger partial charge < -0.3 is 10.5 Å². The molecule has 2 aromatic rings. The van der Waals surface area contributed by atoms with Gasteiger partial charge in [0, 0.05) is 6.20 Å². The number of carbonyl (C=O) groups excluding carboxylic acids is 1. The number of ether oxygens (including phenoxy) is 1. The minimum absolute atomic E-state index is 0.0584. The largest absolute Gasteiger partial charge is 0.468 e. The van der Waals surface area contributed by atoms with Crippen LogP contribution in [-0.2, 0) is 16.1 Å². The molecule has 0 aromatic carbocycles. The van der Waals surface area contributed by atoms with Gasteiger partial charge in [-0.25, -0.2) is 4.98 Å². The lowest BCUT2D eigenvalue weighted by Crippen LogP contribution is -2.13. The molecule has 0 atom stereocenters. The second-order valence-corrected chi connectivity index (χ2v) is 3.00. The van der Waals surface area contributed by atoms with Crippen molar-refractivity contribution in [3.63, 3.8) is 0 Å². The van der Waals surface area contributed by atoms with E-state index in [1.807, 2.05) is 0 Å². The molecule has 0 saturated heterocycles. The minimum Gasteiger partial charge on any atom is -0.468 e. The maximum absolute atomic E-state index is 11.1. The molecule has 0 fully saturated rings. The van der Waals surface area contributed by atoms with Crippen LogP contribution < -0.4 is 5.73 Å². The lowest BCUT2D eigenvalue weighted by Gasteiger charge is -2.03. The predicted molar refractivity (Wildman–Crippen MR) is 54.0 cm³/mol. The Hall–Kier alpha value is -2.11. The average Bonchev–Trinajstić information content (AvgIpc) is 2.55. The molecule has 0 spiro atoms. The van der Waals surface area contributed by atoms with Gasteiger partial charge in [0.15, 0.2) is 0 Å². The van der Waals surface area contributed by atoms with E-state index in [1.165, 1.54) is 7.11 Å². The van der Waals surface area contributed by atoms with E-state index in [-0.39, 0.29) is 18.5 Å². The molecule has 0 aliphatic heterocycles. The van der Waals surface area contributed by atoms with Crippen LogP contribution >= 0.6 is 0 Å². The number of pyridine rings is 1. The van der Waals surface area contributed by atoms with Crippen molar-refractivity contribution in [3.8, 4) is 0 Å². The molecule has 2 N–H and O–H groups in total. The van der Waals surface area contributed by atoms with E-state index in [9.17, 15) is 4.79 Å². The number of hydrogen-bond donors (Lipinski definition) is 1. The number of esters is 1. The summed E-state index contributed by atoms with van der Waals surface area (Å²) in [6.45, 7) is 0.0584. The van der Waals surface area contributed by atoms with Gasteiger partial charge in [-0.1, -0.05) is 0 Å². The number of anilines is 1. The van der Waals surface area contributed by atoms with Gasteiger partial charge in [0.25, 0.3) is 0 Å². The fourth-order valence-corrected chi connectivity index (χ4v) is 1.36. The predicted octanol–water partition coefficient (Wildman–Crippen LogP) is 0.186. The standard InChI is InChI=1S/C9H10N4O2/c1-15-8(14)5-13-7-2-3-11-4-6(7)12-9(13)10/h2-4H,5H2,1H3,(H2,10,12). The van der Waals surface area contributed by atoms with Crippen LogP contribution in [-0.4, -0.2) is 27.6 Å². The summed E-state index contributed by atoms with van der Waals surface area (Å²) in [5.74, 6) is -0.0822. The van der Waals surface area contributed by atoms with Crippen molar-refractivity contribution in [1.82, 2.24) is 14.5 Å². The molecule has 6 nitrogen and oxygen atoms in total. The molecule has 0 unspecified atom stereocenters. The fraction of sp³-hybridized carbons (Fsp3) is 0.222. The van der Waals surface area contributed by atoms with E-state index in [0.717, 1.165) is 5.52 Å². The summed E-state index contributed by atoms with van der Waals surface area (Å²) in [5, 5.41) is 0. The zero-order valence-corrected chi connectivity index (χ0v) is 8.17. The maximum atomic E-state index is 11.1. The Bertz CT molecular complexity index is 506. The minimum atomic E-state index is -0.363. The average molecular weight is 206 g/mol. The Morgan fingerprint density at radius 2 is 2.47 bits per heavy atom. The van der Waals surface area contributed by atoms with Gasteiger partial charge in [-0.2, -0.15) is 0 Å². The molecule has 2 rings (SSSR count). The van der Waals surface area contributed by atoms with E-state index in [2.05, 4.69) is 14.7 Å². The molecule has 6 heteroatoms. The van der Waals surface area contributed by atoms with Crippen molar-refractivity contribution >= 4 is 23.0 Å². The van der Waals surface area contributed by atoms with Gasteiger partial charge in [0.2, 0.25) is 5.95 Å². The lowest BCUT2D eigenvalue weighted by molar-refractivity contribution is -0.141. The van der Waals surface area contributed by atoms with Crippen molar-refractivity contribution in [2.75, 3.05) is 12.8 Å². The highest BCUT2D eigenvalue weighted by Gasteiger charge is 2.11. The lowest BCUT2D eigenvalue weighted by atomic mass is 10.4. The Morgan fingerprint density at radius 3 is 3.20 bits per heavy atom. The zero-order chi connectivity index (χ0) is 10.8. The van der Waals surface area contributed by atoms with E-state index >= 15 is 0 Å². The number of hydrogen-bond acceptors (Lipinski definition) is 5. The highest BCUT2D eigenvalue weighted by Crippen LogP contribution is 2.15. The molecular formula is C9H10N4O2. The number of nitrogens with zero attached hydrogens (tertiary/aromatic N) is 3. The number of carbonyl (C=O) groups is 1. The third-order valence-electron chi connectivity index (χ3n) is 2.09. The first-order valence-corrected chi connectivity index (χ1v) is 4.35. The number of nitrogens with two attached hydrogens (primary N) is 1. The molecule has 78 valence electrons. The van der Waals surface area contributed by atoms with E-state index < -0.39 is 0 Å². The second kappa shape index (κ2) is 3.56. The molecule has 2 heterocycles. The Kier molecular flexibility index (Phi) is 2.24. The number of imidazole rings is 1. The van der Waals surface area contributed by atoms with E-state index in [0.29, 0.717) is 5.52 Å². The summed E-state index contributed by atoms with van der Waals surface area (Å²) in [7, 11) is 1.33. The first-order chi connectivity index (χ1) is 7.22. The number of aromatic nitrogens is 3. The summed E-state index contributed by atoms with van der Waals surface area (Å²) in [4.78, 5) is 19.1. The van der Waals surface area contributed by atoms with Crippen LogP contribution in [0.5, 0.6) is 0 Å². The number of rotatable bonds is 2. The highest BCUT2D eigenvalue weighted by molar-refractivity contribution is 5.80. The molecule has 0 bridgehead atoms. The van der Waals surface area contributed by atoms with Crippen LogP contribution in [0, 0.1) is 0 Å². The molecule has 15 heavy (non-hydrogen) atoms. The molecular weight excluding hydrogens is 196 g/mol. The van der Waals surface area contributed by atoms with Crippen LogP contribution in [0.2, 0.25) is 0 Å². The summed E-state index contributed by atoms with van der Waals surface area (Å²) < 4.78 is 6.15. The number of methoxy groups -OCH3 is 1. The van der Waals surface area contributed by atoms with Gasteiger partial charge in [0.05, 0.1) is 18.8 Å². The molecule has 0 aliphatic carbocycles. The first kappa shape index (κ1) is 9.45. The van der Waals surface area contributed by atoms with Crippen molar-refractivity contribution in [1.29, 1.82) is 0 Å². The van der Waals surface area contributed by atoms with Crippen molar-refractivity contribution in [3.05, 3.63) is 18.5 Å². The van der Waals surface area contributed by atoms with Crippen LogP contribution in [0.3, 0.4) is 0 Å². The topological polar surface area (TPSA) is 83.0 Å². The summed E-state index contributed by atoms with van der Waals surface area (Å²) in [6, 6.07) is 1.75. The summed E-state index contributed by atoms with van der Waals surface area (Å²) in [5.41, 5.74) is 7.11. The van der Waals surface area contributed by atoms with Crippen molar-refractivity contribution in [2.24, 2.45) is 0 Å². The van der Waals surface area contributed by atoms with Gasteiger partial charge in [0.1, 0.15) is 12.1 Å². The third kappa shape index (κ3) is 1.61. The van der Waals surface area contributed by atoms with Gasteiger partial charge in [-0.3, -0.25) is 14.3 Å². The quantitative estimate of drug-likeness (QED) is 0.709. The monoisotopic (exact) mass is 206 g/mol. The molecule has 0 radical (unpaired) electrons. The third-order valence-corrected chi connectivity index (χ3v) is 2.09. The molecule has 2 aromatic heterocycles. The van der Waals surface area contributed by atoms with Gasteiger partial charge >= 0.3 is 5.97 Å². The Morgan fingerprint density at radius 1 is 1.67 bits per heavy atom. The smallest absolute Gasteiger partial charge is 0.325 e. The fourth-order valence-electron chi connectivity index (χ4n) is 1.36. The van der Waals surface area contributed by atoms with Crippen LogP contribution in [0.4, 0.5) is 5.95 Å². The SMILES string of the molecule is COC(=O)Cn1c(N)nc2cnccc21. The Balaban J connectivity index is 2.49. The summed E-state index contributed by atoms with van der Waals surface area (Å²) >= 11 is 0. The summed E-state index contributed by atoms with van der Waals surface area (Å²) in [6.07, 6.45) is 3.22. The van der Waals surface area contributed by atoms with Crippen LogP contribution in [0.15, 0.2) is 18.5 Å². The van der Waals surface area contributed by atoms with Gasteiger partial charge in [-0.05, 0) is 6.07 Å². The van der Waals surface area contributed by atoms with E-state index in [1.54, 1.807) is 23.0 Å². The normalized spacial score (nSPS) is 10.5. The highest BCUT2D eigenvalue weighted by atomic mass is 16.5. The zero-order valence-electron chi connectivity index (χ0n) is 8.17. The van der Waals surface area contributed by atoms with E-state index in [4.69, 9.17) is 5.73 Å². The molecule has 0 saturated carbocycles.